The van der Waals surface area contributed by atoms with Crippen LogP contribution in [0.2, 0.25) is 0 Å². The lowest BCUT2D eigenvalue weighted by molar-refractivity contribution is 0.445. The van der Waals surface area contributed by atoms with Gasteiger partial charge in [-0.3, -0.25) is 0 Å². The van der Waals surface area contributed by atoms with Crippen molar-refractivity contribution in [1.29, 1.82) is 0 Å². The molecule has 4 nitrogen and oxygen atoms in total. The molecule has 1 aromatic carbocycles. The molecule has 98 valence electrons. The molecule has 0 atom stereocenters. The Morgan fingerprint density at radius 3 is 1.82 bits per heavy atom. The number of nitrogens with two attached hydrogens (primary N) is 1. The highest BCUT2D eigenvalue weighted by Crippen LogP contribution is 2.16. The van der Waals surface area contributed by atoms with Gasteiger partial charge in [0.1, 0.15) is 0 Å². The lowest BCUT2D eigenvalue weighted by Gasteiger charge is -2.18. The maximum atomic E-state index is 12.0. The van der Waals surface area contributed by atoms with Crippen molar-refractivity contribution in [3.05, 3.63) is 24.3 Å². The van der Waals surface area contributed by atoms with Gasteiger partial charge >= 0.3 is 0 Å². The van der Waals surface area contributed by atoms with Gasteiger partial charge in [0.2, 0.25) is 10.0 Å². The van der Waals surface area contributed by atoms with Crippen molar-refractivity contribution < 1.29 is 8.42 Å². The fraction of sp³-hybridized carbons (Fsp3) is 0.500. The highest BCUT2D eigenvalue weighted by atomic mass is 32.2. The predicted octanol–water partition coefficient (Wildman–Crippen LogP) is 2.33. The summed E-state index contributed by atoms with van der Waals surface area (Å²) in [4.78, 5) is 0.292. The van der Waals surface area contributed by atoms with Gasteiger partial charge in [-0.25, -0.2) is 8.42 Å². The van der Waals surface area contributed by atoms with Gasteiger partial charge in [-0.2, -0.15) is 4.31 Å². The Labute approximate surface area is 104 Å². The molecule has 0 unspecified atom stereocenters. The molecule has 0 amide bonds. The minimum Gasteiger partial charge on any atom is -0.399 e. The summed E-state index contributed by atoms with van der Waals surface area (Å²) in [6.07, 6.45) is 0. The Morgan fingerprint density at radius 2 is 1.47 bits per heavy atom. The zero-order chi connectivity index (χ0) is 13.5. The van der Waals surface area contributed by atoms with Gasteiger partial charge in [-0.15, -0.1) is 0 Å². The van der Waals surface area contributed by atoms with Crippen LogP contribution in [0.4, 0.5) is 5.69 Å². The predicted molar refractivity (Wildman–Crippen MR) is 72.3 cm³/mol. The molecule has 0 aliphatic heterocycles. The van der Waals surface area contributed by atoms with Gasteiger partial charge in [0.15, 0.2) is 0 Å². The number of hydrogen-bond acceptors (Lipinski definition) is 3. The van der Waals surface area contributed by atoms with Crippen LogP contribution in [0.5, 0.6) is 0 Å². The largest absolute Gasteiger partial charge is 0.399 e. The number of nitrogen functional groups attached to an aromatic ring is 1. The van der Waals surface area contributed by atoms with Gasteiger partial charge in [-0.05, 0) is 24.3 Å². The Balaban J connectivity index is 0.00000121. The molecule has 0 aliphatic carbocycles. The normalized spacial score (nSPS) is 10.9. The number of anilines is 1. The molecule has 0 saturated heterocycles. The molecule has 0 spiro atoms. The molecule has 17 heavy (non-hydrogen) atoms. The molecule has 1 rings (SSSR count). The van der Waals surface area contributed by atoms with Gasteiger partial charge < -0.3 is 5.73 Å². The van der Waals surface area contributed by atoms with E-state index < -0.39 is 10.0 Å². The van der Waals surface area contributed by atoms with Crippen LogP contribution >= 0.6 is 0 Å². The van der Waals surface area contributed by atoms with Crippen LogP contribution < -0.4 is 5.73 Å². The van der Waals surface area contributed by atoms with Crippen molar-refractivity contribution in [3.63, 3.8) is 0 Å². The molecule has 0 bridgehead atoms. The third kappa shape index (κ3) is 4.02. The van der Waals surface area contributed by atoms with Gasteiger partial charge in [0.25, 0.3) is 0 Å². The first-order chi connectivity index (χ1) is 8.02. The second-order valence-electron chi connectivity index (χ2n) is 3.16. The highest BCUT2D eigenvalue weighted by molar-refractivity contribution is 7.89. The van der Waals surface area contributed by atoms with Crippen LogP contribution in [0.15, 0.2) is 29.2 Å². The Bertz CT molecular complexity index is 409. The van der Waals surface area contributed by atoms with E-state index in [1.807, 2.05) is 27.7 Å². The third-order valence-corrected chi connectivity index (χ3v) is 4.29. The number of nitrogens with zero attached hydrogens (tertiary/aromatic N) is 1. The van der Waals surface area contributed by atoms with E-state index in [0.29, 0.717) is 23.7 Å². The summed E-state index contributed by atoms with van der Waals surface area (Å²) >= 11 is 0. The molecule has 0 aliphatic rings. The smallest absolute Gasteiger partial charge is 0.243 e. The number of hydrogen-bond donors (Lipinski definition) is 1. The first-order valence-electron chi connectivity index (χ1n) is 5.88. The van der Waals surface area contributed by atoms with Gasteiger partial charge in [0.05, 0.1) is 4.90 Å². The number of sulfonamides is 1. The van der Waals surface area contributed by atoms with Crippen LogP contribution in [0.3, 0.4) is 0 Å². The SMILES string of the molecule is CC.CCN(CC)S(=O)(=O)c1ccc(N)cc1. The lowest BCUT2D eigenvalue weighted by atomic mass is 10.3. The highest BCUT2D eigenvalue weighted by Gasteiger charge is 2.20. The zero-order valence-corrected chi connectivity index (χ0v) is 11.8. The topological polar surface area (TPSA) is 63.4 Å². The van der Waals surface area contributed by atoms with Crippen LogP contribution in [-0.4, -0.2) is 25.8 Å². The van der Waals surface area contributed by atoms with Crippen LogP contribution in [0.1, 0.15) is 27.7 Å². The maximum Gasteiger partial charge on any atom is 0.243 e. The van der Waals surface area contributed by atoms with Crippen LogP contribution in [-0.2, 0) is 10.0 Å². The van der Waals surface area contributed by atoms with Gasteiger partial charge in [0, 0.05) is 18.8 Å². The summed E-state index contributed by atoms with van der Waals surface area (Å²) in [5.74, 6) is 0. The quantitative estimate of drug-likeness (QED) is 0.843. The fourth-order valence-corrected chi connectivity index (χ4v) is 2.81. The summed E-state index contributed by atoms with van der Waals surface area (Å²) in [5.41, 5.74) is 6.07. The van der Waals surface area contributed by atoms with E-state index in [-0.39, 0.29) is 0 Å². The minimum atomic E-state index is -3.34. The van der Waals surface area contributed by atoms with E-state index in [4.69, 9.17) is 5.73 Å². The first-order valence-corrected chi connectivity index (χ1v) is 7.32. The Kier molecular flexibility index (Phi) is 6.83. The molecule has 0 fully saturated rings. The average Bonchev–Trinajstić information content (AvgIpc) is 2.33. The van der Waals surface area contributed by atoms with Crippen LogP contribution in [0.25, 0.3) is 0 Å². The third-order valence-electron chi connectivity index (χ3n) is 2.22. The van der Waals surface area contributed by atoms with E-state index in [0.717, 1.165) is 0 Å². The molecule has 0 heterocycles. The van der Waals surface area contributed by atoms with E-state index in [2.05, 4.69) is 0 Å². The van der Waals surface area contributed by atoms with E-state index in [9.17, 15) is 8.42 Å². The number of rotatable bonds is 4. The first kappa shape index (κ1) is 15.9. The van der Waals surface area contributed by atoms with Crippen molar-refractivity contribution in [2.75, 3.05) is 18.8 Å². The summed E-state index contributed by atoms with van der Waals surface area (Å²) in [6, 6.07) is 6.25. The van der Waals surface area contributed by atoms with Crippen LogP contribution in [0, 0.1) is 0 Å². The molecule has 0 aromatic heterocycles. The molecule has 1 aromatic rings. The second kappa shape index (κ2) is 7.29. The van der Waals surface area contributed by atoms with E-state index in [1.54, 1.807) is 12.1 Å². The summed E-state index contributed by atoms with van der Waals surface area (Å²) in [5, 5.41) is 0. The van der Waals surface area contributed by atoms with Crippen molar-refractivity contribution in [2.24, 2.45) is 0 Å². The summed E-state index contributed by atoms with van der Waals surface area (Å²) in [6.45, 7) is 8.59. The van der Waals surface area contributed by atoms with Gasteiger partial charge in [-0.1, -0.05) is 27.7 Å². The zero-order valence-electron chi connectivity index (χ0n) is 11.0. The Morgan fingerprint density at radius 1 is 1.06 bits per heavy atom. The monoisotopic (exact) mass is 258 g/mol. The van der Waals surface area contributed by atoms with Crippen molar-refractivity contribution in [3.8, 4) is 0 Å². The van der Waals surface area contributed by atoms with Crippen molar-refractivity contribution >= 4 is 15.7 Å². The second-order valence-corrected chi connectivity index (χ2v) is 5.10. The molecule has 5 heteroatoms. The molecular weight excluding hydrogens is 236 g/mol. The maximum absolute atomic E-state index is 12.0. The van der Waals surface area contributed by atoms with E-state index >= 15 is 0 Å². The lowest BCUT2D eigenvalue weighted by Crippen LogP contribution is -2.30. The summed E-state index contributed by atoms with van der Waals surface area (Å²) in [7, 11) is -3.34. The molecule has 2 N–H and O–H groups in total. The average molecular weight is 258 g/mol. The molecule has 0 saturated carbocycles. The Hall–Kier alpha value is -1.07. The van der Waals surface area contributed by atoms with Crippen molar-refractivity contribution in [2.45, 2.75) is 32.6 Å². The summed E-state index contributed by atoms with van der Waals surface area (Å²) < 4.78 is 25.4. The van der Waals surface area contributed by atoms with Crippen molar-refractivity contribution in [1.82, 2.24) is 4.31 Å². The molecule has 0 radical (unpaired) electrons. The minimum absolute atomic E-state index is 0.292. The van der Waals surface area contributed by atoms with E-state index in [1.165, 1.54) is 16.4 Å². The number of benzene rings is 1. The standard InChI is InChI=1S/C10H16N2O2S.C2H6/c1-3-12(4-2)15(13,14)10-7-5-9(11)6-8-10;1-2/h5-8H,3-4,11H2,1-2H3;1-2H3. The fourth-order valence-electron chi connectivity index (χ4n) is 1.35. The molecular formula is C12H22N2O2S.